The fourth-order valence-electron chi connectivity index (χ4n) is 0.683. The Kier molecular flexibility index (Phi) is 7.65. The second-order valence-electron chi connectivity index (χ2n) is 2.27. The molecule has 0 saturated heterocycles. The highest BCUT2D eigenvalue weighted by Gasteiger charge is 1.84. The zero-order valence-corrected chi connectivity index (χ0v) is 8.70. The number of ether oxygens (including phenoxy) is 1. The maximum Gasteiger partial charge on any atom is 0.318 e. The Morgan fingerprint density at radius 1 is 1.43 bits per heavy atom. The molecule has 1 rings (SSSR count). The topological polar surface area (TPSA) is 46.5 Å². The van der Waals surface area contributed by atoms with Crippen molar-refractivity contribution in [2.45, 2.75) is 6.92 Å². The fourth-order valence-corrected chi connectivity index (χ4v) is 0.683. The lowest BCUT2D eigenvalue weighted by atomic mass is 10.3. The molecule has 0 heterocycles. The minimum Gasteiger partial charge on any atom is -0.494 e. The van der Waals surface area contributed by atoms with E-state index in [1.165, 1.54) is 0 Å². The highest BCUT2D eigenvalue weighted by molar-refractivity contribution is 6.26. The number of hydrogen-bond donors (Lipinski definition) is 1. The van der Waals surface area contributed by atoms with Gasteiger partial charge in [0.2, 0.25) is 0 Å². The van der Waals surface area contributed by atoms with Gasteiger partial charge in [0.25, 0.3) is 0 Å². The first-order chi connectivity index (χ1) is 6.70. The summed E-state index contributed by atoms with van der Waals surface area (Å²) in [4.78, 5) is 9.24. The van der Waals surface area contributed by atoms with E-state index in [0.29, 0.717) is 0 Å². The SMILES string of the molecule is CCOc1ccccc1.O=C(O)CCl. The van der Waals surface area contributed by atoms with Gasteiger partial charge in [-0.3, -0.25) is 4.79 Å². The molecule has 0 atom stereocenters. The molecule has 0 fully saturated rings. The lowest BCUT2D eigenvalue weighted by Gasteiger charge is -1.99. The van der Waals surface area contributed by atoms with E-state index in [1.54, 1.807) is 0 Å². The molecule has 0 aliphatic carbocycles. The molecule has 78 valence electrons. The van der Waals surface area contributed by atoms with E-state index in [2.05, 4.69) is 0 Å². The summed E-state index contributed by atoms with van der Waals surface area (Å²) in [6.45, 7) is 2.72. The number of halogens is 1. The van der Waals surface area contributed by atoms with Crippen LogP contribution >= 0.6 is 11.6 Å². The maximum atomic E-state index is 9.24. The van der Waals surface area contributed by atoms with Crippen molar-refractivity contribution in [1.82, 2.24) is 0 Å². The third-order valence-corrected chi connectivity index (χ3v) is 1.40. The minimum atomic E-state index is -0.980. The Morgan fingerprint density at radius 3 is 2.29 bits per heavy atom. The summed E-state index contributed by atoms with van der Waals surface area (Å²) >= 11 is 4.74. The first-order valence-electron chi connectivity index (χ1n) is 4.16. The Hall–Kier alpha value is -1.22. The minimum absolute atomic E-state index is 0.306. The van der Waals surface area contributed by atoms with Crippen LogP contribution in [0.3, 0.4) is 0 Å². The van der Waals surface area contributed by atoms with Crippen LogP contribution in [0.25, 0.3) is 0 Å². The van der Waals surface area contributed by atoms with Gasteiger partial charge in [-0.15, -0.1) is 11.6 Å². The van der Waals surface area contributed by atoms with Crippen molar-refractivity contribution in [3.8, 4) is 5.75 Å². The first-order valence-corrected chi connectivity index (χ1v) is 4.69. The van der Waals surface area contributed by atoms with E-state index in [-0.39, 0.29) is 5.88 Å². The van der Waals surface area contributed by atoms with Gasteiger partial charge in [0.1, 0.15) is 11.6 Å². The summed E-state index contributed by atoms with van der Waals surface area (Å²) in [5.74, 6) is -0.341. The molecule has 1 aromatic carbocycles. The number of carbonyl (C=O) groups is 1. The number of rotatable bonds is 3. The van der Waals surface area contributed by atoms with Gasteiger partial charge in [-0.2, -0.15) is 0 Å². The van der Waals surface area contributed by atoms with Crippen LogP contribution in [0.2, 0.25) is 0 Å². The third kappa shape index (κ3) is 7.43. The zero-order valence-electron chi connectivity index (χ0n) is 7.94. The molecule has 1 N–H and O–H groups in total. The maximum absolute atomic E-state index is 9.24. The van der Waals surface area contributed by atoms with E-state index in [9.17, 15) is 4.79 Å². The average molecular weight is 217 g/mol. The monoisotopic (exact) mass is 216 g/mol. The van der Waals surface area contributed by atoms with Gasteiger partial charge < -0.3 is 9.84 Å². The van der Waals surface area contributed by atoms with E-state index in [1.807, 2.05) is 37.3 Å². The summed E-state index contributed by atoms with van der Waals surface area (Å²) in [6, 6.07) is 9.80. The lowest BCUT2D eigenvalue weighted by Crippen LogP contribution is -1.92. The van der Waals surface area contributed by atoms with E-state index >= 15 is 0 Å². The lowest BCUT2D eigenvalue weighted by molar-refractivity contribution is -0.134. The van der Waals surface area contributed by atoms with Crippen LogP contribution in [0.5, 0.6) is 5.75 Å². The van der Waals surface area contributed by atoms with Crippen LogP contribution in [0.15, 0.2) is 30.3 Å². The summed E-state index contributed by atoms with van der Waals surface area (Å²) in [5, 5.41) is 7.59. The summed E-state index contributed by atoms with van der Waals surface area (Å²) < 4.78 is 5.21. The molecule has 0 radical (unpaired) electrons. The quantitative estimate of drug-likeness (QED) is 0.790. The molecule has 14 heavy (non-hydrogen) atoms. The van der Waals surface area contributed by atoms with Gasteiger partial charge in [-0.1, -0.05) is 18.2 Å². The van der Waals surface area contributed by atoms with Crippen LogP contribution in [-0.2, 0) is 4.79 Å². The Morgan fingerprint density at radius 2 is 1.93 bits per heavy atom. The zero-order chi connectivity index (χ0) is 10.8. The predicted molar refractivity (Wildman–Crippen MR) is 56.0 cm³/mol. The summed E-state index contributed by atoms with van der Waals surface area (Å²) in [6.07, 6.45) is 0. The summed E-state index contributed by atoms with van der Waals surface area (Å²) in [7, 11) is 0. The van der Waals surface area contributed by atoms with E-state index in [0.717, 1.165) is 12.4 Å². The van der Waals surface area contributed by atoms with Gasteiger partial charge in [0.15, 0.2) is 0 Å². The highest BCUT2D eigenvalue weighted by atomic mass is 35.5. The van der Waals surface area contributed by atoms with Crippen molar-refractivity contribution in [2.75, 3.05) is 12.5 Å². The number of para-hydroxylation sites is 1. The van der Waals surface area contributed by atoms with Crippen LogP contribution in [0, 0.1) is 0 Å². The molecule has 1 aromatic rings. The predicted octanol–water partition coefficient (Wildman–Crippen LogP) is 2.40. The largest absolute Gasteiger partial charge is 0.494 e. The molecule has 0 aliphatic rings. The smallest absolute Gasteiger partial charge is 0.318 e. The van der Waals surface area contributed by atoms with Gasteiger partial charge in [-0.25, -0.2) is 0 Å². The number of hydrogen-bond acceptors (Lipinski definition) is 2. The highest BCUT2D eigenvalue weighted by Crippen LogP contribution is 2.06. The number of alkyl halides is 1. The van der Waals surface area contributed by atoms with E-state index < -0.39 is 5.97 Å². The van der Waals surface area contributed by atoms with Gasteiger partial charge >= 0.3 is 5.97 Å². The van der Waals surface area contributed by atoms with Gasteiger partial charge in [0, 0.05) is 0 Å². The molecule has 3 nitrogen and oxygen atoms in total. The molecular weight excluding hydrogens is 204 g/mol. The molecule has 0 aliphatic heterocycles. The first kappa shape index (κ1) is 12.8. The van der Waals surface area contributed by atoms with Crippen LogP contribution in [0.4, 0.5) is 0 Å². The van der Waals surface area contributed by atoms with Crippen molar-refractivity contribution in [1.29, 1.82) is 0 Å². The van der Waals surface area contributed by atoms with Crippen molar-refractivity contribution >= 4 is 17.6 Å². The average Bonchev–Trinajstić information content (AvgIpc) is 2.21. The second-order valence-corrected chi connectivity index (χ2v) is 2.54. The molecule has 4 heteroatoms. The third-order valence-electron chi connectivity index (χ3n) is 1.17. The number of carboxylic acid groups (broad SMARTS) is 1. The Balaban J connectivity index is 0.000000292. The van der Waals surface area contributed by atoms with Gasteiger partial charge in [0.05, 0.1) is 6.61 Å². The van der Waals surface area contributed by atoms with Crippen molar-refractivity contribution in [3.05, 3.63) is 30.3 Å². The molecule has 0 amide bonds. The molecular formula is C10H13ClO3. The van der Waals surface area contributed by atoms with Crippen LogP contribution in [-0.4, -0.2) is 23.6 Å². The molecule has 0 bridgehead atoms. The number of benzene rings is 1. The Bertz CT molecular complexity index is 249. The second kappa shape index (κ2) is 8.38. The molecule has 0 aromatic heterocycles. The molecule has 0 spiro atoms. The van der Waals surface area contributed by atoms with E-state index in [4.69, 9.17) is 21.4 Å². The normalized spacial score (nSPS) is 8.43. The fraction of sp³-hybridized carbons (Fsp3) is 0.300. The van der Waals surface area contributed by atoms with Crippen molar-refractivity contribution in [3.63, 3.8) is 0 Å². The summed E-state index contributed by atoms with van der Waals surface area (Å²) in [5.41, 5.74) is 0. The van der Waals surface area contributed by atoms with Crippen LogP contribution < -0.4 is 4.74 Å². The molecule has 0 unspecified atom stereocenters. The van der Waals surface area contributed by atoms with Crippen molar-refractivity contribution < 1.29 is 14.6 Å². The number of carboxylic acids is 1. The van der Waals surface area contributed by atoms with Crippen LogP contribution in [0.1, 0.15) is 6.92 Å². The standard InChI is InChI=1S/C8H10O.C2H3ClO2/c1-2-9-8-6-4-3-5-7-8;3-1-2(4)5/h3-7H,2H2,1H3;1H2,(H,4,5). The Labute approximate surface area is 88.3 Å². The van der Waals surface area contributed by atoms with Crippen molar-refractivity contribution in [2.24, 2.45) is 0 Å². The molecule has 0 saturated carbocycles. The van der Waals surface area contributed by atoms with Gasteiger partial charge in [-0.05, 0) is 19.1 Å². The number of aliphatic carboxylic acids is 1.